The number of carbonyl (C=O) groups excluding carboxylic acids is 1. The van der Waals surface area contributed by atoms with Gasteiger partial charge in [0.1, 0.15) is 11.4 Å². The maximum atomic E-state index is 13.0. The van der Waals surface area contributed by atoms with Gasteiger partial charge in [0.2, 0.25) is 0 Å². The number of aliphatic hydroxyl groups is 1. The minimum absolute atomic E-state index is 0.118. The van der Waals surface area contributed by atoms with E-state index >= 15 is 0 Å². The van der Waals surface area contributed by atoms with Crippen molar-refractivity contribution in [1.29, 1.82) is 0 Å². The van der Waals surface area contributed by atoms with Crippen LogP contribution in [-0.4, -0.2) is 51.1 Å². The van der Waals surface area contributed by atoms with Gasteiger partial charge in [0, 0.05) is 35.9 Å². The minimum atomic E-state index is -0.360. The number of nitrogens with two attached hydrogens (primary N) is 1. The van der Waals surface area contributed by atoms with Crippen molar-refractivity contribution in [3.05, 3.63) is 47.9 Å². The van der Waals surface area contributed by atoms with E-state index in [0.717, 1.165) is 19.3 Å². The molecule has 3 atom stereocenters. The zero-order valence-electron chi connectivity index (χ0n) is 17.5. The summed E-state index contributed by atoms with van der Waals surface area (Å²) in [6.07, 6.45) is 8.69. The number of methoxy groups -OCH3 is 1. The maximum Gasteiger partial charge on any atom is 0.259 e. The van der Waals surface area contributed by atoms with Gasteiger partial charge in [-0.2, -0.15) is 5.10 Å². The Morgan fingerprint density at radius 1 is 1.42 bits per heavy atom. The first-order chi connectivity index (χ1) is 15.0. The van der Waals surface area contributed by atoms with Crippen LogP contribution in [0.1, 0.15) is 42.1 Å². The van der Waals surface area contributed by atoms with Crippen molar-refractivity contribution < 1.29 is 14.6 Å². The van der Waals surface area contributed by atoms with Crippen molar-refractivity contribution in [2.75, 3.05) is 18.2 Å². The largest absolute Gasteiger partial charge is 0.496 e. The van der Waals surface area contributed by atoms with E-state index in [9.17, 15) is 9.90 Å². The maximum absolute atomic E-state index is 13.0. The molecule has 4 N–H and O–H groups in total. The number of nitrogens with zero attached hydrogens (tertiary/aromatic N) is 4. The lowest BCUT2D eigenvalue weighted by molar-refractivity contribution is 0.0967. The number of anilines is 2. The third kappa shape index (κ3) is 4.36. The quantitative estimate of drug-likeness (QED) is 0.428. The first-order valence-corrected chi connectivity index (χ1v) is 10.2. The van der Waals surface area contributed by atoms with E-state index in [-0.39, 0.29) is 24.0 Å². The van der Waals surface area contributed by atoms with E-state index in [1.165, 1.54) is 7.11 Å². The van der Waals surface area contributed by atoms with Crippen LogP contribution in [0, 0.1) is 5.92 Å². The molecule has 0 bridgehead atoms. The lowest BCUT2D eigenvalue weighted by atomic mass is 9.84. The van der Waals surface area contributed by atoms with E-state index in [1.807, 2.05) is 0 Å². The van der Waals surface area contributed by atoms with Gasteiger partial charge in [-0.15, -0.1) is 0 Å². The summed E-state index contributed by atoms with van der Waals surface area (Å²) >= 11 is 0. The predicted molar refractivity (Wildman–Crippen MR) is 119 cm³/mol. The molecular weight excluding hydrogens is 396 g/mol. The van der Waals surface area contributed by atoms with Crippen LogP contribution >= 0.6 is 0 Å². The Morgan fingerprint density at radius 3 is 3.03 bits per heavy atom. The van der Waals surface area contributed by atoms with Gasteiger partial charge in [0.15, 0.2) is 5.65 Å². The van der Waals surface area contributed by atoms with Crippen LogP contribution < -0.4 is 15.8 Å². The lowest BCUT2D eigenvalue weighted by Crippen LogP contribution is -2.28. The van der Waals surface area contributed by atoms with E-state index in [4.69, 9.17) is 15.5 Å². The summed E-state index contributed by atoms with van der Waals surface area (Å²) in [7, 11) is 1.49. The fraction of sp³-hybridized carbons (Fsp3) is 0.364. The third-order valence-corrected chi connectivity index (χ3v) is 5.68. The number of hydrogen-bond acceptors (Lipinski definition) is 7. The number of amides is 1. The van der Waals surface area contributed by atoms with E-state index in [0.29, 0.717) is 33.9 Å². The molecule has 1 aromatic carbocycles. The molecule has 9 heteroatoms. The highest BCUT2D eigenvalue weighted by Gasteiger charge is 2.25. The normalized spacial score (nSPS) is 21.5. The zero-order chi connectivity index (χ0) is 22.0. The molecule has 1 saturated carbocycles. The molecule has 0 radical (unpaired) electrons. The number of aromatic nitrogens is 3. The average Bonchev–Trinajstić information content (AvgIpc) is 3.16. The Morgan fingerprint density at radius 2 is 2.26 bits per heavy atom. The summed E-state index contributed by atoms with van der Waals surface area (Å²) in [5, 5.41) is 16.8. The van der Waals surface area contributed by atoms with Crippen molar-refractivity contribution in [2.24, 2.45) is 10.9 Å². The number of nitrogen functional groups attached to an aromatic ring is 1. The van der Waals surface area contributed by atoms with Crippen molar-refractivity contribution in [1.82, 2.24) is 14.6 Å². The second-order valence-electron chi connectivity index (χ2n) is 7.87. The fourth-order valence-electron chi connectivity index (χ4n) is 3.92. The summed E-state index contributed by atoms with van der Waals surface area (Å²) in [6, 6.07) is 5.17. The molecular formula is C22H26N6O3. The molecule has 4 rings (SSSR count). The van der Waals surface area contributed by atoms with Crippen molar-refractivity contribution >= 4 is 29.1 Å². The van der Waals surface area contributed by atoms with Gasteiger partial charge < -0.3 is 20.9 Å². The van der Waals surface area contributed by atoms with Crippen LogP contribution in [0.4, 0.5) is 11.4 Å². The monoisotopic (exact) mass is 422 g/mol. The molecule has 2 heterocycles. The molecule has 1 fully saturated rings. The third-order valence-electron chi connectivity index (χ3n) is 5.68. The van der Waals surface area contributed by atoms with E-state index in [1.54, 1.807) is 47.5 Å². The van der Waals surface area contributed by atoms with E-state index in [2.05, 4.69) is 22.3 Å². The molecule has 9 nitrogen and oxygen atoms in total. The minimum Gasteiger partial charge on any atom is -0.496 e. The Labute approximate surface area is 180 Å². The number of aliphatic imine (C=N–C) groups is 1. The second-order valence-corrected chi connectivity index (χ2v) is 7.87. The summed E-state index contributed by atoms with van der Waals surface area (Å²) < 4.78 is 6.96. The number of hydrogen-bond donors (Lipinski definition) is 3. The Hall–Kier alpha value is -3.46. The van der Waals surface area contributed by atoms with Crippen molar-refractivity contribution in [3.8, 4) is 5.75 Å². The van der Waals surface area contributed by atoms with Gasteiger partial charge in [0.25, 0.3) is 5.91 Å². The van der Waals surface area contributed by atoms with Crippen LogP contribution in [0.15, 0.2) is 41.8 Å². The predicted octanol–water partition coefficient (Wildman–Crippen LogP) is 2.54. The first kappa shape index (κ1) is 20.8. The highest BCUT2D eigenvalue weighted by Crippen LogP contribution is 2.29. The van der Waals surface area contributed by atoms with Crippen LogP contribution in [0.2, 0.25) is 0 Å². The number of carbonyl (C=O) groups is 1. The van der Waals surface area contributed by atoms with Gasteiger partial charge in [-0.3, -0.25) is 9.79 Å². The number of nitrogens with one attached hydrogen (secondary N) is 1. The van der Waals surface area contributed by atoms with Gasteiger partial charge >= 0.3 is 0 Å². The highest BCUT2D eigenvalue weighted by molar-refractivity contribution is 6.09. The topological polar surface area (TPSA) is 127 Å². The second kappa shape index (κ2) is 8.73. The molecule has 0 saturated heterocycles. The summed E-state index contributed by atoms with van der Waals surface area (Å²) in [6.45, 7) is 2.09. The number of rotatable bonds is 5. The Balaban J connectivity index is 1.59. The Bertz CT molecular complexity index is 1130. The van der Waals surface area contributed by atoms with Crippen LogP contribution in [-0.2, 0) is 0 Å². The number of fused-ring (bicyclic) bond motifs is 1. The van der Waals surface area contributed by atoms with Crippen molar-refractivity contribution in [3.63, 3.8) is 0 Å². The number of ether oxygens (including phenoxy) is 1. The molecule has 0 aliphatic heterocycles. The van der Waals surface area contributed by atoms with Crippen LogP contribution in [0.5, 0.6) is 5.75 Å². The fourth-order valence-corrected chi connectivity index (χ4v) is 3.92. The molecule has 1 amide bonds. The van der Waals surface area contributed by atoms with E-state index < -0.39 is 0 Å². The number of aliphatic hydroxyl groups excluding tert-OH is 1. The van der Waals surface area contributed by atoms with Gasteiger partial charge in [-0.05, 0) is 37.3 Å². The summed E-state index contributed by atoms with van der Waals surface area (Å²) in [4.78, 5) is 22.0. The van der Waals surface area contributed by atoms with Gasteiger partial charge in [-0.1, -0.05) is 6.92 Å². The van der Waals surface area contributed by atoms with Gasteiger partial charge in [0.05, 0.1) is 31.0 Å². The number of benzene rings is 1. The SMILES string of the molecule is COc1cc(N)c(C=N[C@H]2CCC(O)CC2C)cc1C(=O)Nc1cnn2cccnc12. The Kier molecular flexibility index (Phi) is 5.85. The molecule has 3 aromatic rings. The smallest absolute Gasteiger partial charge is 0.259 e. The average molecular weight is 422 g/mol. The zero-order valence-corrected chi connectivity index (χ0v) is 17.5. The summed E-state index contributed by atoms with van der Waals surface area (Å²) in [5.74, 6) is 0.289. The molecule has 2 unspecified atom stereocenters. The van der Waals surface area contributed by atoms with Crippen LogP contribution in [0.3, 0.4) is 0 Å². The van der Waals surface area contributed by atoms with Gasteiger partial charge in [-0.25, -0.2) is 9.50 Å². The molecule has 162 valence electrons. The first-order valence-electron chi connectivity index (χ1n) is 10.2. The van der Waals surface area contributed by atoms with Crippen molar-refractivity contribution in [2.45, 2.75) is 38.3 Å². The summed E-state index contributed by atoms with van der Waals surface area (Å²) in [5.41, 5.74) is 8.66. The molecule has 1 aliphatic carbocycles. The lowest BCUT2D eigenvalue weighted by Gasteiger charge is -2.29. The molecule has 0 spiro atoms. The molecule has 1 aliphatic rings. The molecule has 2 aromatic heterocycles. The highest BCUT2D eigenvalue weighted by atomic mass is 16.5. The standard InChI is InChI=1S/C22H26N6O3/c1-13-8-15(29)4-5-18(13)25-11-14-9-16(20(31-2)10-17(14)23)22(30)27-19-12-26-28-7-3-6-24-21(19)28/h3,6-7,9-13,15,18,29H,4-5,8,23H2,1-2H3,(H,27,30)/t13?,15?,18-/m0/s1. The molecule has 31 heavy (non-hydrogen) atoms. The van der Waals surface area contributed by atoms with Crippen LogP contribution in [0.25, 0.3) is 5.65 Å².